The molecule has 0 unspecified atom stereocenters. The number of methoxy groups -OCH3 is 4. The van der Waals surface area contributed by atoms with E-state index in [-0.39, 0.29) is 30.8 Å². The first-order valence-electron chi connectivity index (χ1n) is 7.71. The lowest BCUT2D eigenvalue weighted by Crippen LogP contribution is -2.33. The predicted molar refractivity (Wildman–Crippen MR) is 84.7 cm³/mol. The van der Waals surface area contributed by atoms with Crippen molar-refractivity contribution in [3.63, 3.8) is 0 Å². The Labute approximate surface area is 138 Å². The molecule has 8 heteroatoms. The first kappa shape index (κ1) is 21.8. The van der Waals surface area contributed by atoms with Gasteiger partial charge in [-0.15, -0.1) is 0 Å². The second-order valence-corrected chi connectivity index (χ2v) is 4.96. The van der Waals surface area contributed by atoms with E-state index < -0.39 is 0 Å². The minimum Gasteiger partial charge on any atom is -0.356 e. The van der Waals surface area contributed by atoms with Gasteiger partial charge in [-0.05, 0) is 12.8 Å². The number of nitrogens with one attached hydrogen (secondary N) is 2. The monoisotopic (exact) mass is 334 g/mol. The van der Waals surface area contributed by atoms with Gasteiger partial charge < -0.3 is 29.6 Å². The molecule has 0 saturated carbocycles. The summed E-state index contributed by atoms with van der Waals surface area (Å²) in [5, 5.41) is 5.39. The second kappa shape index (κ2) is 14.4. The maximum absolute atomic E-state index is 11.6. The molecule has 136 valence electrons. The van der Waals surface area contributed by atoms with Crippen molar-refractivity contribution in [2.24, 2.45) is 0 Å². The lowest BCUT2D eigenvalue weighted by molar-refractivity contribution is -0.129. The maximum atomic E-state index is 11.6. The molecule has 2 amide bonds. The normalized spacial score (nSPS) is 11.0. The molecule has 0 aliphatic carbocycles. The lowest BCUT2D eigenvalue weighted by Gasteiger charge is -2.13. The quantitative estimate of drug-likeness (QED) is 0.271. The molecule has 0 aromatic rings. The summed E-state index contributed by atoms with van der Waals surface area (Å²) >= 11 is 0. The van der Waals surface area contributed by atoms with E-state index in [0.29, 0.717) is 25.9 Å². The molecule has 0 rings (SSSR count). The van der Waals surface area contributed by atoms with Gasteiger partial charge in [0.15, 0.2) is 12.6 Å². The summed E-state index contributed by atoms with van der Waals surface area (Å²) in [6, 6.07) is 0. The van der Waals surface area contributed by atoms with E-state index in [0.717, 1.165) is 12.8 Å². The van der Waals surface area contributed by atoms with Crippen LogP contribution in [0.25, 0.3) is 0 Å². The molecule has 0 aliphatic rings. The molecule has 8 nitrogen and oxygen atoms in total. The van der Waals surface area contributed by atoms with Gasteiger partial charge in [-0.1, -0.05) is 0 Å². The van der Waals surface area contributed by atoms with E-state index in [4.69, 9.17) is 18.9 Å². The summed E-state index contributed by atoms with van der Waals surface area (Å²) in [6.45, 7) is 0.970. The van der Waals surface area contributed by atoms with Crippen molar-refractivity contribution in [3.05, 3.63) is 0 Å². The van der Waals surface area contributed by atoms with Gasteiger partial charge in [-0.2, -0.15) is 0 Å². The molecule has 0 radical (unpaired) electrons. The first-order valence-corrected chi connectivity index (χ1v) is 7.71. The Morgan fingerprint density at radius 1 is 0.739 bits per heavy atom. The van der Waals surface area contributed by atoms with Gasteiger partial charge >= 0.3 is 0 Å². The minimum atomic E-state index is -0.291. The molecule has 2 N–H and O–H groups in total. The van der Waals surface area contributed by atoms with Crippen LogP contribution in [0.2, 0.25) is 0 Å². The highest BCUT2D eigenvalue weighted by molar-refractivity contribution is 5.96. The molecule has 0 heterocycles. The highest BCUT2D eigenvalue weighted by Gasteiger charge is 2.10. The van der Waals surface area contributed by atoms with Crippen LogP contribution in [-0.2, 0) is 28.5 Å². The van der Waals surface area contributed by atoms with Crippen molar-refractivity contribution >= 4 is 11.8 Å². The summed E-state index contributed by atoms with van der Waals surface area (Å²) in [5.41, 5.74) is 0. The molecule has 0 bridgehead atoms. The van der Waals surface area contributed by atoms with Crippen LogP contribution in [-0.4, -0.2) is 65.9 Å². The molecule has 23 heavy (non-hydrogen) atoms. The smallest absolute Gasteiger partial charge is 0.229 e. The lowest BCUT2D eigenvalue weighted by atomic mass is 10.2. The molecule has 0 saturated heterocycles. The van der Waals surface area contributed by atoms with E-state index in [1.165, 1.54) is 0 Å². The van der Waals surface area contributed by atoms with Gasteiger partial charge in [0.05, 0.1) is 0 Å². The largest absolute Gasteiger partial charge is 0.356 e. The second-order valence-electron chi connectivity index (χ2n) is 4.96. The molecular formula is C15H30N2O6. The van der Waals surface area contributed by atoms with Gasteiger partial charge in [-0.25, -0.2) is 0 Å². The fourth-order valence-corrected chi connectivity index (χ4v) is 1.93. The summed E-state index contributed by atoms with van der Waals surface area (Å²) in [5.74, 6) is -0.582. The van der Waals surface area contributed by atoms with E-state index in [1.807, 2.05) is 0 Å². The number of rotatable bonds is 14. The number of carbonyl (C=O) groups is 2. The average molecular weight is 334 g/mol. The SMILES string of the molecule is COC(CCCNC(=O)CC(=O)NCCCC(OC)OC)OC. The summed E-state index contributed by atoms with van der Waals surface area (Å²) in [6.07, 6.45) is 2.09. The zero-order valence-electron chi connectivity index (χ0n) is 14.6. The van der Waals surface area contributed by atoms with Crippen molar-refractivity contribution in [2.45, 2.75) is 44.7 Å². The molecule has 0 atom stereocenters. The van der Waals surface area contributed by atoms with Crippen molar-refractivity contribution < 1.29 is 28.5 Å². The molecule has 0 aromatic carbocycles. The Hall–Kier alpha value is -1.22. The molecule has 0 aromatic heterocycles. The first-order chi connectivity index (χ1) is 11.1. The van der Waals surface area contributed by atoms with Crippen LogP contribution in [0.15, 0.2) is 0 Å². The maximum Gasteiger partial charge on any atom is 0.229 e. The number of ether oxygens (including phenoxy) is 4. The fraction of sp³-hybridized carbons (Fsp3) is 0.867. The Kier molecular flexibility index (Phi) is 13.6. The highest BCUT2D eigenvalue weighted by Crippen LogP contribution is 2.01. The Morgan fingerprint density at radius 2 is 1.09 bits per heavy atom. The van der Waals surface area contributed by atoms with Crippen LogP contribution in [0.1, 0.15) is 32.1 Å². The third kappa shape index (κ3) is 11.9. The number of amides is 2. The Bertz CT molecular complexity index is 289. The van der Waals surface area contributed by atoms with Gasteiger partial charge in [-0.3, -0.25) is 9.59 Å². The average Bonchev–Trinajstić information content (AvgIpc) is 2.55. The molecule has 0 spiro atoms. The standard InChI is InChI=1S/C15H30N2O6/c1-20-14(21-2)7-5-9-16-12(18)11-13(19)17-10-6-8-15(22-3)23-4/h14-15H,5-11H2,1-4H3,(H,16,18)(H,17,19). The van der Waals surface area contributed by atoms with Gasteiger partial charge in [0.1, 0.15) is 6.42 Å². The van der Waals surface area contributed by atoms with Crippen LogP contribution < -0.4 is 10.6 Å². The molecule has 0 fully saturated rings. The van der Waals surface area contributed by atoms with Crippen LogP contribution >= 0.6 is 0 Å². The topological polar surface area (TPSA) is 95.1 Å². The van der Waals surface area contributed by atoms with Gasteiger partial charge in [0.25, 0.3) is 0 Å². The van der Waals surface area contributed by atoms with E-state index in [9.17, 15) is 9.59 Å². The third-order valence-electron chi connectivity index (χ3n) is 3.25. The van der Waals surface area contributed by atoms with Crippen LogP contribution in [0.5, 0.6) is 0 Å². The molecule has 0 aliphatic heterocycles. The van der Waals surface area contributed by atoms with Gasteiger partial charge in [0.2, 0.25) is 11.8 Å². The van der Waals surface area contributed by atoms with Crippen molar-refractivity contribution in [2.75, 3.05) is 41.5 Å². The van der Waals surface area contributed by atoms with Crippen LogP contribution in [0.3, 0.4) is 0 Å². The predicted octanol–water partition coefficient (Wildman–Crippen LogP) is 0.407. The number of carbonyl (C=O) groups excluding carboxylic acids is 2. The molecular weight excluding hydrogens is 304 g/mol. The van der Waals surface area contributed by atoms with Crippen molar-refractivity contribution in [1.29, 1.82) is 0 Å². The van der Waals surface area contributed by atoms with Gasteiger partial charge in [0, 0.05) is 54.4 Å². The zero-order chi connectivity index (χ0) is 17.5. The van der Waals surface area contributed by atoms with Crippen molar-refractivity contribution in [3.8, 4) is 0 Å². The van der Waals surface area contributed by atoms with Crippen LogP contribution in [0, 0.1) is 0 Å². The van der Waals surface area contributed by atoms with Crippen molar-refractivity contribution in [1.82, 2.24) is 10.6 Å². The minimum absolute atomic E-state index is 0.171. The number of hydrogen-bond acceptors (Lipinski definition) is 6. The number of hydrogen-bond donors (Lipinski definition) is 2. The summed E-state index contributed by atoms with van der Waals surface area (Å²) < 4.78 is 20.2. The highest BCUT2D eigenvalue weighted by atomic mass is 16.7. The van der Waals surface area contributed by atoms with E-state index in [1.54, 1.807) is 28.4 Å². The Morgan fingerprint density at radius 3 is 1.39 bits per heavy atom. The van der Waals surface area contributed by atoms with E-state index in [2.05, 4.69) is 10.6 Å². The Balaban J connectivity index is 3.64. The summed E-state index contributed by atoms with van der Waals surface area (Å²) in [7, 11) is 6.27. The zero-order valence-corrected chi connectivity index (χ0v) is 14.6. The third-order valence-corrected chi connectivity index (χ3v) is 3.25. The van der Waals surface area contributed by atoms with Crippen LogP contribution in [0.4, 0.5) is 0 Å². The summed E-state index contributed by atoms with van der Waals surface area (Å²) in [4.78, 5) is 23.2. The fourth-order valence-electron chi connectivity index (χ4n) is 1.93. The van der Waals surface area contributed by atoms with E-state index >= 15 is 0 Å².